The molecular formula is C15H16N4O2S. The number of thiophene rings is 1. The molecule has 114 valence electrons. The number of hydrogen-bond acceptors (Lipinski definition) is 5. The number of pyridine rings is 1. The van der Waals surface area contributed by atoms with Gasteiger partial charge in [0.2, 0.25) is 0 Å². The van der Waals surface area contributed by atoms with E-state index in [4.69, 9.17) is 5.73 Å². The molecule has 1 aliphatic carbocycles. The zero-order chi connectivity index (χ0) is 15.5. The molecule has 0 spiro atoms. The molecule has 22 heavy (non-hydrogen) atoms. The van der Waals surface area contributed by atoms with Gasteiger partial charge in [-0.2, -0.15) is 0 Å². The van der Waals surface area contributed by atoms with E-state index in [9.17, 15) is 9.59 Å². The second kappa shape index (κ2) is 6.15. The van der Waals surface area contributed by atoms with E-state index in [1.165, 1.54) is 16.2 Å². The first kappa shape index (κ1) is 14.5. The van der Waals surface area contributed by atoms with Crippen LogP contribution in [0, 0.1) is 0 Å². The van der Waals surface area contributed by atoms with Gasteiger partial charge in [-0.15, -0.1) is 11.3 Å². The highest BCUT2D eigenvalue weighted by atomic mass is 32.1. The highest BCUT2D eigenvalue weighted by Crippen LogP contribution is 2.36. The summed E-state index contributed by atoms with van der Waals surface area (Å²) in [5, 5.41) is 5.32. The monoisotopic (exact) mass is 316 g/mol. The number of fused-ring (bicyclic) bond motifs is 1. The van der Waals surface area contributed by atoms with Crippen LogP contribution in [0.3, 0.4) is 0 Å². The van der Waals surface area contributed by atoms with Gasteiger partial charge in [0.25, 0.3) is 5.91 Å². The number of nitrogens with two attached hydrogens (primary N) is 1. The second-order valence-corrected chi connectivity index (χ2v) is 6.21. The first-order chi connectivity index (χ1) is 10.6. The van der Waals surface area contributed by atoms with Crippen molar-refractivity contribution in [3.63, 3.8) is 0 Å². The highest BCUT2D eigenvalue weighted by Gasteiger charge is 2.25. The summed E-state index contributed by atoms with van der Waals surface area (Å²) in [7, 11) is 0. The van der Waals surface area contributed by atoms with E-state index in [1.54, 1.807) is 24.4 Å². The second-order valence-electron chi connectivity index (χ2n) is 5.07. The van der Waals surface area contributed by atoms with Gasteiger partial charge in [0.15, 0.2) is 0 Å². The molecule has 2 heterocycles. The summed E-state index contributed by atoms with van der Waals surface area (Å²) in [4.78, 5) is 29.3. The third-order valence-corrected chi connectivity index (χ3v) is 4.68. The van der Waals surface area contributed by atoms with Crippen molar-refractivity contribution in [3.05, 3.63) is 40.4 Å². The summed E-state index contributed by atoms with van der Waals surface area (Å²) < 4.78 is 0. The Bertz CT molecular complexity index is 712. The van der Waals surface area contributed by atoms with Crippen molar-refractivity contribution in [1.82, 2.24) is 10.3 Å². The Balaban J connectivity index is 1.72. The fourth-order valence-electron chi connectivity index (χ4n) is 2.59. The Morgan fingerprint density at radius 2 is 2.05 bits per heavy atom. The highest BCUT2D eigenvalue weighted by molar-refractivity contribution is 7.16. The molecule has 0 atom stereocenters. The number of carbonyl (C=O) groups is 2. The SMILES string of the molecule is Nc1sc2c(c1C(=O)NC(=O)Nc1ccccn1)CCCC2. The van der Waals surface area contributed by atoms with Gasteiger partial charge in [-0.25, -0.2) is 9.78 Å². The molecule has 0 saturated carbocycles. The first-order valence-electron chi connectivity index (χ1n) is 7.08. The van der Waals surface area contributed by atoms with E-state index in [1.807, 2.05) is 0 Å². The number of hydrogen-bond donors (Lipinski definition) is 3. The molecule has 0 aromatic carbocycles. The molecule has 0 bridgehead atoms. The van der Waals surface area contributed by atoms with E-state index < -0.39 is 11.9 Å². The maximum absolute atomic E-state index is 12.3. The Morgan fingerprint density at radius 3 is 2.82 bits per heavy atom. The topological polar surface area (TPSA) is 97.1 Å². The Morgan fingerprint density at radius 1 is 1.23 bits per heavy atom. The molecule has 1 aliphatic rings. The lowest BCUT2D eigenvalue weighted by molar-refractivity contribution is 0.0967. The number of aryl methyl sites for hydroxylation is 1. The van der Waals surface area contributed by atoms with Crippen molar-refractivity contribution >= 4 is 34.1 Å². The van der Waals surface area contributed by atoms with E-state index in [0.717, 1.165) is 31.2 Å². The lowest BCUT2D eigenvalue weighted by Crippen LogP contribution is -2.35. The summed E-state index contributed by atoms with van der Waals surface area (Å²) in [6, 6.07) is 4.52. The molecule has 4 N–H and O–H groups in total. The summed E-state index contributed by atoms with van der Waals surface area (Å²) in [6.07, 6.45) is 5.52. The minimum atomic E-state index is -0.612. The third-order valence-electron chi connectivity index (χ3n) is 3.56. The zero-order valence-corrected chi connectivity index (χ0v) is 12.7. The number of urea groups is 1. The van der Waals surface area contributed by atoms with E-state index in [-0.39, 0.29) is 0 Å². The number of rotatable bonds is 2. The van der Waals surface area contributed by atoms with E-state index in [0.29, 0.717) is 16.4 Å². The molecule has 3 rings (SSSR count). The van der Waals surface area contributed by atoms with Crippen molar-refractivity contribution in [3.8, 4) is 0 Å². The molecule has 6 nitrogen and oxygen atoms in total. The Hall–Kier alpha value is -2.41. The average Bonchev–Trinajstić information content (AvgIpc) is 2.83. The van der Waals surface area contributed by atoms with Crippen LogP contribution in [0.4, 0.5) is 15.6 Å². The van der Waals surface area contributed by atoms with Crippen molar-refractivity contribution in [1.29, 1.82) is 0 Å². The maximum Gasteiger partial charge on any atom is 0.327 e. The summed E-state index contributed by atoms with van der Waals surface area (Å²) >= 11 is 1.45. The van der Waals surface area contributed by atoms with Crippen LogP contribution < -0.4 is 16.4 Å². The third kappa shape index (κ3) is 2.94. The minimum absolute atomic E-state index is 0.383. The van der Waals surface area contributed by atoms with Crippen molar-refractivity contribution in [2.24, 2.45) is 0 Å². The van der Waals surface area contributed by atoms with Gasteiger partial charge in [0.1, 0.15) is 5.82 Å². The molecule has 0 saturated heterocycles. The molecule has 0 aliphatic heterocycles. The van der Waals surface area contributed by atoms with Crippen LogP contribution in [-0.2, 0) is 12.8 Å². The predicted molar refractivity (Wildman–Crippen MR) is 86.1 cm³/mol. The lowest BCUT2D eigenvalue weighted by Gasteiger charge is -2.12. The molecule has 0 radical (unpaired) electrons. The van der Waals surface area contributed by atoms with Crippen LogP contribution in [0.25, 0.3) is 0 Å². The molecular weight excluding hydrogens is 300 g/mol. The van der Waals surface area contributed by atoms with Gasteiger partial charge >= 0.3 is 6.03 Å². The number of aromatic nitrogens is 1. The van der Waals surface area contributed by atoms with Crippen LogP contribution in [-0.4, -0.2) is 16.9 Å². The standard InChI is InChI=1S/C15H16N4O2S/c16-13-12(9-5-1-2-6-10(9)22-13)14(20)19-15(21)18-11-7-3-4-8-17-11/h3-4,7-8H,1-2,5-6,16H2,(H2,17,18,19,20,21). The van der Waals surface area contributed by atoms with Crippen LogP contribution in [0.15, 0.2) is 24.4 Å². The van der Waals surface area contributed by atoms with Gasteiger partial charge < -0.3 is 5.73 Å². The Labute approximate surface area is 131 Å². The van der Waals surface area contributed by atoms with E-state index in [2.05, 4.69) is 15.6 Å². The summed E-state index contributed by atoms with van der Waals surface area (Å²) in [5.41, 5.74) is 7.42. The summed E-state index contributed by atoms with van der Waals surface area (Å²) in [5.74, 6) is -0.0709. The van der Waals surface area contributed by atoms with Gasteiger partial charge in [0, 0.05) is 11.1 Å². The van der Waals surface area contributed by atoms with Crippen molar-refractivity contribution < 1.29 is 9.59 Å². The van der Waals surface area contributed by atoms with Gasteiger partial charge in [-0.1, -0.05) is 6.07 Å². The van der Waals surface area contributed by atoms with Gasteiger partial charge in [-0.05, 0) is 43.4 Å². The largest absolute Gasteiger partial charge is 0.390 e. The fourth-order valence-corrected chi connectivity index (χ4v) is 3.74. The van der Waals surface area contributed by atoms with Crippen LogP contribution in [0.5, 0.6) is 0 Å². The molecule has 0 fully saturated rings. The van der Waals surface area contributed by atoms with E-state index >= 15 is 0 Å². The maximum atomic E-state index is 12.3. The lowest BCUT2D eigenvalue weighted by atomic mass is 9.95. The zero-order valence-electron chi connectivity index (χ0n) is 11.9. The number of anilines is 2. The molecule has 0 unspecified atom stereocenters. The number of carbonyl (C=O) groups excluding carboxylic acids is 2. The normalized spacial score (nSPS) is 13.3. The smallest absolute Gasteiger partial charge is 0.327 e. The van der Waals surface area contributed by atoms with Crippen LogP contribution in [0.2, 0.25) is 0 Å². The predicted octanol–water partition coefficient (Wildman–Crippen LogP) is 2.57. The average molecular weight is 316 g/mol. The summed E-state index contributed by atoms with van der Waals surface area (Å²) in [6.45, 7) is 0. The van der Waals surface area contributed by atoms with Crippen molar-refractivity contribution in [2.45, 2.75) is 25.7 Å². The number of amides is 3. The van der Waals surface area contributed by atoms with Crippen molar-refractivity contribution in [2.75, 3.05) is 11.1 Å². The first-order valence-corrected chi connectivity index (χ1v) is 7.90. The number of nitrogens with zero attached hydrogens (tertiary/aromatic N) is 1. The number of nitrogens with one attached hydrogen (secondary N) is 2. The quantitative estimate of drug-likeness (QED) is 0.793. The Kier molecular flexibility index (Phi) is 4.06. The molecule has 2 aromatic rings. The molecule has 3 amide bonds. The van der Waals surface area contributed by atoms with Gasteiger partial charge in [-0.3, -0.25) is 15.4 Å². The fraction of sp³-hybridized carbons (Fsp3) is 0.267. The van der Waals surface area contributed by atoms with Crippen LogP contribution >= 0.6 is 11.3 Å². The van der Waals surface area contributed by atoms with Crippen LogP contribution in [0.1, 0.15) is 33.6 Å². The minimum Gasteiger partial charge on any atom is -0.390 e. The molecule has 7 heteroatoms. The number of imide groups is 1. The number of nitrogen functional groups attached to an aromatic ring is 1. The van der Waals surface area contributed by atoms with Gasteiger partial charge in [0.05, 0.1) is 10.6 Å². The molecule has 2 aromatic heterocycles.